The molecule has 2 aromatic rings. The van der Waals surface area contributed by atoms with Crippen LogP contribution in [0.3, 0.4) is 0 Å². The zero-order valence-electron chi connectivity index (χ0n) is 9.38. The normalized spacial score (nSPS) is 10.2. The van der Waals surface area contributed by atoms with Crippen molar-refractivity contribution in [2.75, 3.05) is 0 Å². The first-order valence-electron chi connectivity index (χ1n) is 5.23. The number of aryl methyl sites for hydroxylation is 1. The van der Waals surface area contributed by atoms with Crippen molar-refractivity contribution in [3.05, 3.63) is 59.7 Å². The highest BCUT2D eigenvalue weighted by Gasteiger charge is 2.11. The van der Waals surface area contributed by atoms with Gasteiger partial charge in [0.1, 0.15) is 0 Å². The average molecular weight is 244 g/mol. The molecular formula is C14H12O2S. The van der Waals surface area contributed by atoms with Gasteiger partial charge in [0.25, 0.3) is 0 Å². The zero-order chi connectivity index (χ0) is 12.3. The molecular weight excluding hydrogens is 232 g/mol. The lowest BCUT2D eigenvalue weighted by atomic mass is 10.1. The number of carboxylic acids is 1. The molecule has 0 aliphatic carbocycles. The minimum atomic E-state index is -0.882. The molecule has 0 spiro atoms. The highest BCUT2D eigenvalue weighted by Crippen LogP contribution is 2.30. The van der Waals surface area contributed by atoms with Crippen LogP contribution in [0, 0.1) is 6.92 Å². The van der Waals surface area contributed by atoms with Crippen molar-refractivity contribution in [2.45, 2.75) is 16.7 Å². The van der Waals surface area contributed by atoms with E-state index >= 15 is 0 Å². The predicted molar refractivity (Wildman–Crippen MR) is 68.7 cm³/mol. The van der Waals surface area contributed by atoms with Crippen molar-refractivity contribution < 1.29 is 9.90 Å². The maximum atomic E-state index is 11.2. The molecule has 0 heterocycles. The van der Waals surface area contributed by atoms with E-state index in [1.165, 1.54) is 11.8 Å². The van der Waals surface area contributed by atoms with Gasteiger partial charge in [0.05, 0.1) is 5.56 Å². The van der Waals surface area contributed by atoms with Crippen molar-refractivity contribution in [3.63, 3.8) is 0 Å². The Hall–Kier alpha value is -1.74. The van der Waals surface area contributed by atoms with Gasteiger partial charge in [-0.3, -0.25) is 0 Å². The summed E-state index contributed by atoms with van der Waals surface area (Å²) in [6.45, 7) is 1.89. The lowest BCUT2D eigenvalue weighted by Gasteiger charge is -2.06. The van der Waals surface area contributed by atoms with E-state index < -0.39 is 5.97 Å². The van der Waals surface area contributed by atoms with Gasteiger partial charge < -0.3 is 5.11 Å². The molecule has 0 radical (unpaired) electrons. The van der Waals surface area contributed by atoms with Gasteiger partial charge >= 0.3 is 5.97 Å². The quantitative estimate of drug-likeness (QED) is 0.891. The molecule has 0 unspecified atom stereocenters. The summed E-state index contributed by atoms with van der Waals surface area (Å²) in [5.74, 6) is -0.882. The molecule has 3 heteroatoms. The highest BCUT2D eigenvalue weighted by atomic mass is 32.2. The molecule has 2 aromatic carbocycles. The van der Waals surface area contributed by atoms with Gasteiger partial charge in [-0.05, 0) is 31.2 Å². The van der Waals surface area contributed by atoms with Gasteiger partial charge in [-0.15, -0.1) is 0 Å². The van der Waals surface area contributed by atoms with Crippen LogP contribution in [0.1, 0.15) is 15.9 Å². The van der Waals surface area contributed by atoms with Crippen molar-refractivity contribution in [2.24, 2.45) is 0 Å². The third-order valence-electron chi connectivity index (χ3n) is 2.34. The minimum absolute atomic E-state index is 0.360. The molecule has 0 saturated heterocycles. The first-order valence-corrected chi connectivity index (χ1v) is 6.05. The molecule has 0 atom stereocenters. The molecule has 2 rings (SSSR count). The molecule has 17 heavy (non-hydrogen) atoms. The standard InChI is InChI=1S/C14H12O2S/c1-10-7-8-13(12(9-10)14(15)16)17-11-5-3-2-4-6-11/h2-9H,1H3,(H,15,16). The van der Waals surface area contributed by atoms with Crippen LogP contribution >= 0.6 is 11.8 Å². The summed E-state index contributed by atoms with van der Waals surface area (Å²) >= 11 is 1.47. The molecule has 0 aromatic heterocycles. The maximum Gasteiger partial charge on any atom is 0.336 e. The number of aromatic carboxylic acids is 1. The number of carboxylic acid groups (broad SMARTS) is 1. The molecule has 0 amide bonds. The zero-order valence-corrected chi connectivity index (χ0v) is 10.2. The van der Waals surface area contributed by atoms with Gasteiger partial charge in [-0.2, -0.15) is 0 Å². The van der Waals surface area contributed by atoms with Gasteiger partial charge in [0.2, 0.25) is 0 Å². The molecule has 0 fully saturated rings. The number of hydrogen-bond donors (Lipinski definition) is 1. The summed E-state index contributed by atoms with van der Waals surface area (Å²) < 4.78 is 0. The summed E-state index contributed by atoms with van der Waals surface area (Å²) in [7, 11) is 0. The minimum Gasteiger partial charge on any atom is -0.478 e. The Morgan fingerprint density at radius 2 is 1.82 bits per heavy atom. The van der Waals surface area contributed by atoms with Crippen LogP contribution in [0.4, 0.5) is 0 Å². The van der Waals surface area contributed by atoms with Gasteiger partial charge in [-0.1, -0.05) is 41.6 Å². The predicted octanol–water partition coefficient (Wildman–Crippen LogP) is 3.84. The maximum absolute atomic E-state index is 11.2. The number of hydrogen-bond acceptors (Lipinski definition) is 2. The Balaban J connectivity index is 2.36. The molecule has 0 saturated carbocycles. The third-order valence-corrected chi connectivity index (χ3v) is 3.42. The van der Waals surface area contributed by atoms with E-state index in [-0.39, 0.29) is 0 Å². The highest BCUT2D eigenvalue weighted by molar-refractivity contribution is 7.99. The SMILES string of the molecule is Cc1ccc(Sc2ccccc2)c(C(=O)O)c1. The molecule has 0 bridgehead atoms. The van der Waals surface area contributed by atoms with Gasteiger partial charge in [-0.25, -0.2) is 4.79 Å². The first-order chi connectivity index (χ1) is 8.16. The Kier molecular flexibility index (Phi) is 3.49. The summed E-state index contributed by atoms with van der Waals surface area (Å²) in [6.07, 6.45) is 0. The lowest BCUT2D eigenvalue weighted by molar-refractivity contribution is 0.0693. The van der Waals surface area contributed by atoms with Crippen molar-refractivity contribution in [1.29, 1.82) is 0 Å². The second-order valence-corrected chi connectivity index (χ2v) is 4.84. The third kappa shape index (κ3) is 2.88. The molecule has 86 valence electrons. The fraction of sp³-hybridized carbons (Fsp3) is 0.0714. The molecule has 0 aliphatic heterocycles. The van der Waals surface area contributed by atoms with Crippen molar-refractivity contribution in [3.8, 4) is 0 Å². The van der Waals surface area contributed by atoms with E-state index in [2.05, 4.69) is 0 Å². The van der Waals surface area contributed by atoms with Crippen LogP contribution < -0.4 is 0 Å². The van der Waals surface area contributed by atoms with E-state index in [9.17, 15) is 4.79 Å². The summed E-state index contributed by atoms with van der Waals surface area (Å²) in [4.78, 5) is 13.0. The lowest BCUT2D eigenvalue weighted by Crippen LogP contribution is -1.99. The van der Waals surface area contributed by atoms with E-state index in [0.29, 0.717) is 5.56 Å². The van der Waals surface area contributed by atoms with E-state index in [0.717, 1.165) is 15.4 Å². The second kappa shape index (κ2) is 5.06. The fourth-order valence-electron chi connectivity index (χ4n) is 1.52. The molecule has 1 N–H and O–H groups in total. The smallest absolute Gasteiger partial charge is 0.336 e. The second-order valence-electron chi connectivity index (χ2n) is 3.72. The summed E-state index contributed by atoms with van der Waals surface area (Å²) in [5.41, 5.74) is 1.32. The number of rotatable bonds is 3. The Labute approximate surface area is 104 Å². The van der Waals surface area contributed by atoms with Crippen molar-refractivity contribution >= 4 is 17.7 Å². The largest absolute Gasteiger partial charge is 0.478 e. The Bertz CT molecular complexity index is 535. The van der Waals surface area contributed by atoms with Crippen LogP contribution in [-0.4, -0.2) is 11.1 Å². The van der Waals surface area contributed by atoms with E-state index in [1.54, 1.807) is 6.07 Å². The summed E-state index contributed by atoms with van der Waals surface area (Å²) in [5, 5.41) is 9.15. The average Bonchev–Trinajstić information content (AvgIpc) is 2.32. The number of benzene rings is 2. The number of carbonyl (C=O) groups is 1. The van der Waals surface area contributed by atoms with Crippen LogP contribution in [0.15, 0.2) is 58.3 Å². The van der Waals surface area contributed by atoms with Gasteiger partial charge in [0.15, 0.2) is 0 Å². The van der Waals surface area contributed by atoms with Crippen LogP contribution in [-0.2, 0) is 0 Å². The monoisotopic (exact) mass is 244 g/mol. The Morgan fingerprint density at radius 3 is 2.47 bits per heavy atom. The van der Waals surface area contributed by atoms with Crippen molar-refractivity contribution in [1.82, 2.24) is 0 Å². The van der Waals surface area contributed by atoms with Crippen LogP contribution in [0.2, 0.25) is 0 Å². The van der Waals surface area contributed by atoms with E-state index in [1.807, 2.05) is 49.4 Å². The van der Waals surface area contributed by atoms with Crippen LogP contribution in [0.25, 0.3) is 0 Å². The van der Waals surface area contributed by atoms with Crippen LogP contribution in [0.5, 0.6) is 0 Å². The molecule has 0 aliphatic rings. The van der Waals surface area contributed by atoms with E-state index in [4.69, 9.17) is 5.11 Å². The topological polar surface area (TPSA) is 37.3 Å². The Morgan fingerprint density at radius 1 is 1.12 bits per heavy atom. The summed E-state index contributed by atoms with van der Waals surface area (Å²) in [6, 6.07) is 15.2. The fourth-order valence-corrected chi connectivity index (χ4v) is 2.45. The van der Waals surface area contributed by atoms with Gasteiger partial charge in [0, 0.05) is 9.79 Å². The molecule has 2 nitrogen and oxygen atoms in total. The first kappa shape index (κ1) is 11.7.